The number of anilines is 1. The first-order valence-electron chi connectivity index (χ1n) is 4.57. The molecule has 0 spiro atoms. The van der Waals surface area contributed by atoms with E-state index in [1.54, 1.807) is 0 Å². The van der Waals surface area contributed by atoms with Crippen molar-refractivity contribution in [3.05, 3.63) is 24.0 Å². The summed E-state index contributed by atoms with van der Waals surface area (Å²) in [6.45, 7) is 1.50. The Morgan fingerprint density at radius 3 is 2.75 bits per heavy atom. The SMILES string of the molecule is CC(NC(=O)c1ccncc1NN)C(N)=O. The van der Waals surface area contributed by atoms with Crippen LogP contribution in [0.3, 0.4) is 0 Å². The molecule has 6 N–H and O–H groups in total. The van der Waals surface area contributed by atoms with Gasteiger partial charge in [-0.15, -0.1) is 0 Å². The number of rotatable bonds is 4. The first-order valence-corrected chi connectivity index (χ1v) is 4.57. The van der Waals surface area contributed by atoms with E-state index in [1.807, 2.05) is 0 Å². The van der Waals surface area contributed by atoms with Crippen LogP contribution in [0.5, 0.6) is 0 Å². The summed E-state index contributed by atoms with van der Waals surface area (Å²) in [6.07, 6.45) is 2.86. The third-order valence-electron chi connectivity index (χ3n) is 2.00. The molecule has 0 aliphatic rings. The molecule has 7 heteroatoms. The Balaban J connectivity index is 2.84. The van der Waals surface area contributed by atoms with Crippen molar-refractivity contribution < 1.29 is 9.59 Å². The van der Waals surface area contributed by atoms with Crippen LogP contribution in [-0.2, 0) is 4.79 Å². The lowest BCUT2D eigenvalue weighted by molar-refractivity contribution is -0.119. The van der Waals surface area contributed by atoms with Gasteiger partial charge < -0.3 is 16.5 Å². The maximum absolute atomic E-state index is 11.7. The van der Waals surface area contributed by atoms with Crippen molar-refractivity contribution in [1.29, 1.82) is 0 Å². The minimum absolute atomic E-state index is 0.297. The predicted molar refractivity (Wildman–Crippen MR) is 58.2 cm³/mol. The van der Waals surface area contributed by atoms with Gasteiger partial charge in [-0.05, 0) is 13.0 Å². The lowest BCUT2D eigenvalue weighted by atomic mass is 10.2. The molecule has 0 radical (unpaired) electrons. The average Bonchev–Trinajstić information content (AvgIpc) is 2.28. The molecule has 0 fully saturated rings. The minimum atomic E-state index is -0.744. The first kappa shape index (κ1) is 11.9. The number of primary amides is 1. The highest BCUT2D eigenvalue weighted by molar-refractivity contribution is 6.01. The molecule has 0 aliphatic heterocycles. The normalized spacial score (nSPS) is 11.6. The molecule has 7 nitrogen and oxygen atoms in total. The van der Waals surface area contributed by atoms with Crippen LogP contribution >= 0.6 is 0 Å². The standard InChI is InChI=1S/C9H13N5O2/c1-5(8(10)15)13-9(16)6-2-3-12-4-7(6)14-11/h2-5,14H,11H2,1H3,(H2,10,15)(H,13,16). The van der Waals surface area contributed by atoms with Gasteiger partial charge in [-0.3, -0.25) is 20.4 Å². The van der Waals surface area contributed by atoms with Gasteiger partial charge in [0, 0.05) is 6.20 Å². The van der Waals surface area contributed by atoms with Gasteiger partial charge in [0.25, 0.3) is 5.91 Å². The fourth-order valence-electron chi connectivity index (χ4n) is 1.05. The van der Waals surface area contributed by atoms with Gasteiger partial charge in [0.05, 0.1) is 17.4 Å². The molecule has 1 unspecified atom stereocenters. The first-order chi connectivity index (χ1) is 7.56. The molecule has 1 aromatic heterocycles. The number of carbonyl (C=O) groups is 2. The van der Waals surface area contributed by atoms with Crippen LogP contribution in [0.4, 0.5) is 5.69 Å². The van der Waals surface area contributed by atoms with Crippen LogP contribution in [0.25, 0.3) is 0 Å². The van der Waals surface area contributed by atoms with E-state index in [2.05, 4.69) is 15.7 Å². The van der Waals surface area contributed by atoms with Crippen LogP contribution in [0.1, 0.15) is 17.3 Å². The van der Waals surface area contributed by atoms with Crippen LogP contribution in [0, 0.1) is 0 Å². The summed E-state index contributed by atoms with van der Waals surface area (Å²) in [7, 11) is 0. The molecule has 0 saturated carbocycles. The summed E-state index contributed by atoms with van der Waals surface area (Å²) in [5.74, 6) is 4.17. The predicted octanol–water partition coefficient (Wildman–Crippen LogP) is -1.03. The zero-order valence-electron chi connectivity index (χ0n) is 8.73. The molecule has 2 amide bonds. The van der Waals surface area contributed by atoms with E-state index in [-0.39, 0.29) is 0 Å². The van der Waals surface area contributed by atoms with Crippen molar-refractivity contribution in [3.63, 3.8) is 0 Å². The zero-order chi connectivity index (χ0) is 12.1. The summed E-state index contributed by atoms with van der Waals surface area (Å²) in [6, 6.07) is 0.740. The van der Waals surface area contributed by atoms with E-state index < -0.39 is 17.9 Å². The highest BCUT2D eigenvalue weighted by Crippen LogP contribution is 2.11. The average molecular weight is 223 g/mol. The molecule has 16 heavy (non-hydrogen) atoms. The Hall–Kier alpha value is -2.15. The van der Waals surface area contributed by atoms with Crippen LogP contribution in [0.2, 0.25) is 0 Å². The second-order valence-corrected chi connectivity index (χ2v) is 3.16. The smallest absolute Gasteiger partial charge is 0.254 e. The number of nitrogens with two attached hydrogens (primary N) is 2. The number of hydrazine groups is 1. The van der Waals surface area contributed by atoms with Crippen molar-refractivity contribution in [3.8, 4) is 0 Å². The summed E-state index contributed by atoms with van der Waals surface area (Å²) < 4.78 is 0. The van der Waals surface area contributed by atoms with Crippen molar-refractivity contribution in [2.75, 3.05) is 5.43 Å². The molecule has 1 rings (SSSR count). The molecule has 0 aromatic carbocycles. The number of amides is 2. The number of nitrogen functional groups attached to an aromatic ring is 1. The highest BCUT2D eigenvalue weighted by Gasteiger charge is 2.16. The molecule has 86 valence electrons. The molecule has 1 atom stereocenters. The quantitative estimate of drug-likeness (QED) is 0.384. The van der Waals surface area contributed by atoms with Gasteiger partial charge in [0.15, 0.2) is 0 Å². The Morgan fingerprint density at radius 2 is 2.19 bits per heavy atom. The Kier molecular flexibility index (Phi) is 3.78. The molecule has 0 saturated heterocycles. The maximum atomic E-state index is 11.7. The summed E-state index contributed by atoms with van der Waals surface area (Å²) in [5.41, 5.74) is 8.03. The van der Waals surface area contributed by atoms with Crippen LogP contribution in [0.15, 0.2) is 18.5 Å². The van der Waals surface area contributed by atoms with E-state index in [4.69, 9.17) is 11.6 Å². The third kappa shape index (κ3) is 2.67. The largest absolute Gasteiger partial charge is 0.368 e. The molecular weight excluding hydrogens is 210 g/mol. The molecule has 0 bridgehead atoms. The second kappa shape index (κ2) is 5.08. The number of aromatic nitrogens is 1. The highest BCUT2D eigenvalue weighted by atomic mass is 16.2. The molecule has 1 aromatic rings. The maximum Gasteiger partial charge on any atom is 0.254 e. The van der Waals surface area contributed by atoms with Gasteiger partial charge in [0.1, 0.15) is 6.04 Å². The molecule has 1 heterocycles. The summed E-state index contributed by atoms with van der Waals surface area (Å²) >= 11 is 0. The van der Waals surface area contributed by atoms with Gasteiger partial charge >= 0.3 is 0 Å². The number of carbonyl (C=O) groups excluding carboxylic acids is 2. The zero-order valence-corrected chi connectivity index (χ0v) is 8.73. The van der Waals surface area contributed by atoms with E-state index >= 15 is 0 Å². The number of pyridine rings is 1. The van der Waals surface area contributed by atoms with Crippen LogP contribution < -0.4 is 22.3 Å². The van der Waals surface area contributed by atoms with Crippen LogP contribution in [-0.4, -0.2) is 22.8 Å². The number of hydrogen-bond acceptors (Lipinski definition) is 5. The van der Waals surface area contributed by atoms with E-state index in [9.17, 15) is 9.59 Å². The summed E-state index contributed by atoms with van der Waals surface area (Å²) in [4.78, 5) is 26.3. The van der Waals surface area contributed by atoms with Crippen molar-refractivity contribution in [2.24, 2.45) is 11.6 Å². The monoisotopic (exact) mass is 223 g/mol. The van der Waals surface area contributed by atoms with Gasteiger partial charge in [-0.25, -0.2) is 0 Å². The van der Waals surface area contributed by atoms with Gasteiger partial charge in [0.2, 0.25) is 5.91 Å². The van der Waals surface area contributed by atoms with Gasteiger partial charge in [-0.1, -0.05) is 0 Å². The third-order valence-corrected chi connectivity index (χ3v) is 2.00. The number of nitrogens with one attached hydrogen (secondary N) is 2. The summed E-state index contributed by atoms with van der Waals surface area (Å²) in [5, 5.41) is 2.43. The Morgan fingerprint density at radius 1 is 1.50 bits per heavy atom. The molecular formula is C9H13N5O2. The Labute approximate surface area is 92.2 Å². The number of nitrogens with zero attached hydrogens (tertiary/aromatic N) is 1. The lowest BCUT2D eigenvalue weighted by Gasteiger charge is -2.12. The minimum Gasteiger partial charge on any atom is -0.368 e. The fraction of sp³-hybridized carbons (Fsp3) is 0.222. The van der Waals surface area contributed by atoms with Crippen molar-refractivity contribution >= 4 is 17.5 Å². The van der Waals surface area contributed by atoms with E-state index in [1.165, 1.54) is 25.4 Å². The van der Waals surface area contributed by atoms with E-state index in [0.29, 0.717) is 11.3 Å². The second-order valence-electron chi connectivity index (χ2n) is 3.16. The number of hydrogen-bond donors (Lipinski definition) is 4. The van der Waals surface area contributed by atoms with E-state index in [0.717, 1.165) is 0 Å². The van der Waals surface area contributed by atoms with Crippen molar-refractivity contribution in [2.45, 2.75) is 13.0 Å². The lowest BCUT2D eigenvalue weighted by Crippen LogP contribution is -2.42. The molecule has 0 aliphatic carbocycles. The fourth-order valence-corrected chi connectivity index (χ4v) is 1.05. The Bertz CT molecular complexity index is 407. The topological polar surface area (TPSA) is 123 Å². The van der Waals surface area contributed by atoms with Crippen molar-refractivity contribution in [1.82, 2.24) is 10.3 Å². The van der Waals surface area contributed by atoms with Gasteiger partial charge in [-0.2, -0.15) is 0 Å².